The van der Waals surface area contributed by atoms with Crippen molar-refractivity contribution in [1.82, 2.24) is 0 Å². The van der Waals surface area contributed by atoms with E-state index < -0.39 is 0 Å². The van der Waals surface area contributed by atoms with Crippen LogP contribution in [0.4, 0.5) is 0 Å². The molecule has 1 aromatic carbocycles. The topological polar surface area (TPSA) is 0 Å². The molecule has 0 amide bonds. The van der Waals surface area contributed by atoms with Gasteiger partial charge in [-0.25, -0.2) is 0 Å². The van der Waals surface area contributed by atoms with E-state index >= 15 is 0 Å². The molecule has 0 saturated heterocycles. The molecule has 0 N–H and O–H groups in total. The summed E-state index contributed by atoms with van der Waals surface area (Å²) in [6.45, 7) is 8.27. The summed E-state index contributed by atoms with van der Waals surface area (Å²) >= 11 is 0. The minimum Gasteiger partial charge on any atom is -0.312 e. The van der Waals surface area contributed by atoms with Gasteiger partial charge in [-0.1, -0.05) is 0 Å². The van der Waals surface area contributed by atoms with Crippen LogP contribution in [0, 0.1) is 39.8 Å². The van der Waals surface area contributed by atoms with Crippen molar-refractivity contribution in [3.05, 3.63) is 34.4 Å². The average Bonchev–Trinajstić information content (AvgIpc) is 1.84. The molecule has 0 aromatic heterocycles. The summed E-state index contributed by atoms with van der Waals surface area (Å²) in [7, 11) is 0. The third kappa shape index (κ3) is 4.09. The first-order chi connectivity index (χ1) is 4.61. The van der Waals surface area contributed by atoms with Crippen LogP contribution in [0.1, 0.15) is 22.3 Å². The number of aryl methyl sites for hydroxylation is 4. The van der Waals surface area contributed by atoms with Gasteiger partial charge < -0.3 is 12.1 Å². The predicted molar refractivity (Wildman–Crippen MR) is 43.1 cm³/mol. The molecular weight excluding hydrogens is 298 g/mol. The van der Waals surface area contributed by atoms with E-state index in [1.807, 2.05) is 0 Å². The van der Waals surface area contributed by atoms with Crippen molar-refractivity contribution in [1.29, 1.82) is 0 Å². The summed E-state index contributed by atoms with van der Waals surface area (Å²) < 4.78 is 0. The third-order valence-corrected chi connectivity index (χ3v) is 1.88. The Hall–Kier alpha value is 1.43. The smallest absolute Gasteiger partial charge is 0 e. The average molecular weight is 310 g/mol. The quantitative estimate of drug-likeness (QED) is 0.646. The fourth-order valence-corrected chi connectivity index (χ4v) is 0.938. The summed E-state index contributed by atoms with van der Waals surface area (Å²) in [6, 6.07) is 6.55. The summed E-state index contributed by atoms with van der Waals surface area (Å²) in [5.41, 5.74) is 4.84. The second kappa shape index (κ2) is 6.82. The van der Waals surface area contributed by atoms with E-state index in [9.17, 15) is 0 Å². The Balaban J connectivity index is 0. The summed E-state index contributed by atoms with van der Waals surface area (Å²) in [4.78, 5) is 0. The maximum atomic E-state index is 3.28. The molecule has 0 atom stereocenters. The molecule has 0 aliphatic heterocycles. The van der Waals surface area contributed by atoms with Crippen molar-refractivity contribution in [2.24, 2.45) is 0 Å². The number of hydrogen-bond donors (Lipinski definition) is 0. The van der Waals surface area contributed by atoms with Gasteiger partial charge in [-0.3, -0.25) is 22.3 Å². The first-order valence-electron chi connectivity index (χ1n) is 3.50. The second-order valence-electron chi connectivity index (χ2n) is 2.75. The molecule has 0 heterocycles. The van der Waals surface area contributed by atoms with E-state index in [4.69, 9.17) is 0 Å². The zero-order chi connectivity index (χ0) is 7.72. The SMILES string of the molecule is Cc1[c-]c(C)c(C)[c-]c1C.[Y].[Y]. The first kappa shape index (κ1) is 15.9. The van der Waals surface area contributed by atoms with Gasteiger partial charge in [0.1, 0.15) is 0 Å². The van der Waals surface area contributed by atoms with Gasteiger partial charge in [0, 0.05) is 65.4 Å². The van der Waals surface area contributed by atoms with Crippen LogP contribution < -0.4 is 0 Å². The fourth-order valence-electron chi connectivity index (χ4n) is 0.938. The van der Waals surface area contributed by atoms with Crippen molar-refractivity contribution in [3.8, 4) is 0 Å². The maximum Gasteiger partial charge on any atom is 0 e. The van der Waals surface area contributed by atoms with Gasteiger partial charge in [-0.2, -0.15) is 0 Å². The van der Waals surface area contributed by atoms with Crippen molar-refractivity contribution < 1.29 is 65.4 Å². The van der Waals surface area contributed by atoms with Gasteiger partial charge >= 0.3 is 0 Å². The van der Waals surface area contributed by atoms with E-state index in [0.717, 1.165) is 0 Å². The molecule has 60 valence electrons. The number of hydrogen-bond acceptors (Lipinski definition) is 0. The van der Waals surface area contributed by atoms with Crippen LogP contribution >= 0.6 is 0 Å². The van der Waals surface area contributed by atoms with Gasteiger partial charge in [-0.05, 0) is 0 Å². The zero-order valence-electron chi connectivity index (χ0n) is 8.15. The molecule has 2 heteroatoms. The minimum atomic E-state index is 0. The van der Waals surface area contributed by atoms with Crippen LogP contribution in [0.15, 0.2) is 0 Å². The number of rotatable bonds is 0. The monoisotopic (exact) mass is 310 g/mol. The molecule has 2 radical (unpaired) electrons. The van der Waals surface area contributed by atoms with Gasteiger partial charge in [0.25, 0.3) is 0 Å². The van der Waals surface area contributed by atoms with E-state index in [0.29, 0.717) is 0 Å². The van der Waals surface area contributed by atoms with Gasteiger partial charge in [0.2, 0.25) is 0 Å². The van der Waals surface area contributed by atoms with Crippen LogP contribution in [-0.4, -0.2) is 0 Å². The zero-order valence-corrected chi connectivity index (χ0v) is 13.8. The molecule has 0 aliphatic rings. The third-order valence-electron chi connectivity index (χ3n) is 1.88. The molecule has 0 bridgehead atoms. The molecule has 0 aliphatic carbocycles. The van der Waals surface area contributed by atoms with E-state index in [-0.39, 0.29) is 65.4 Å². The molecule has 0 saturated carbocycles. The van der Waals surface area contributed by atoms with Crippen molar-refractivity contribution in [3.63, 3.8) is 0 Å². The van der Waals surface area contributed by atoms with Crippen molar-refractivity contribution in [2.75, 3.05) is 0 Å². The standard InChI is InChI=1S/C10H12.2Y/c1-7-5-9(3)10(4)6-8(7)2;;/h1-4H3;;/q-2;;. The first-order valence-corrected chi connectivity index (χ1v) is 3.50. The predicted octanol–water partition coefficient (Wildman–Crippen LogP) is 2.52. The number of benzene rings is 1. The summed E-state index contributed by atoms with van der Waals surface area (Å²) in [5.74, 6) is 0. The van der Waals surface area contributed by atoms with E-state index in [2.05, 4.69) is 39.8 Å². The summed E-state index contributed by atoms with van der Waals surface area (Å²) in [6.07, 6.45) is 0. The Bertz CT molecular complexity index is 204. The Morgan fingerprint density at radius 1 is 0.583 bits per heavy atom. The molecular formula is C10H12Y2-2. The van der Waals surface area contributed by atoms with Crippen LogP contribution in [0.25, 0.3) is 0 Å². The Morgan fingerprint density at radius 2 is 0.750 bits per heavy atom. The van der Waals surface area contributed by atoms with Crippen LogP contribution in [-0.2, 0) is 65.4 Å². The van der Waals surface area contributed by atoms with Gasteiger partial charge in [0.05, 0.1) is 0 Å². The van der Waals surface area contributed by atoms with Gasteiger partial charge in [0.15, 0.2) is 0 Å². The normalized spacial score (nSPS) is 8.33. The van der Waals surface area contributed by atoms with Crippen LogP contribution in [0.2, 0.25) is 0 Å². The molecule has 0 spiro atoms. The Morgan fingerprint density at radius 3 is 0.917 bits per heavy atom. The Kier molecular flexibility index (Phi) is 9.02. The molecule has 0 unspecified atom stereocenters. The van der Waals surface area contributed by atoms with Crippen molar-refractivity contribution >= 4 is 0 Å². The van der Waals surface area contributed by atoms with Crippen LogP contribution in [0.3, 0.4) is 0 Å². The summed E-state index contributed by atoms with van der Waals surface area (Å²) in [5, 5.41) is 0. The fraction of sp³-hybridized carbons (Fsp3) is 0.400. The van der Waals surface area contributed by atoms with E-state index in [1.54, 1.807) is 0 Å². The molecule has 0 fully saturated rings. The molecule has 0 nitrogen and oxygen atoms in total. The maximum absolute atomic E-state index is 3.28. The molecule has 1 rings (SSSR count). The largest absolute Gasteiger partial charge is 0.312 e. The molecule has 1 aromatic rings. The van der Waals surface area contributed by atoms with Crippen LogP contribution in [0.5, 0.6) is 0 Å². The van der Waals surface area contributed by atoms with E-state index in [1.165, 1.54) is 22.3 Å². The second-order valence-corrected chi connectivity index (χ2v) is 2.75. The van der Waals surface area contributed by atoms with Gasteiger partial charge in [-0.15, -0.1) is 27.7 Å². The van der Waals surface area contributed by atoms with Crippen molar-refractivity contribution in [2.45, 2.75) is 27.7 Å². The Labute approximate surface area is 126 Å². The minimum absolute atomic E-state index is 0. The molecule has 12 heavy (non-hydrogen) atoms.